The van der Waals surface area contributed by atoms with E-state index < -0.39 is 23.6 Å². The second-order valence-corrected chi connectivity index (χ2v) is 11.4. The van der Waals surface area contributed by atoms with Gasteiger partial charge in [-0.05, 0) is 59.1 Å². The van der Waals surface area contributed by atoms with Gasteiger partial charge < -0.3 is 15.5 Å². The van der Waals surface area contributed by atoms with Crippen molar-refractivity contribution >= 4 is 17.7 Å². The van der Waals surface area contributed by atoms with Crippen molar-refractivity contribution in [2.24, 2.45) is 5.92 Å². The van der Waals surface area contributed by atoms with Crippen LogP contribution in [0.5, 0.6) is 0 Å². The number of amides is 3. The highest BCUT2D eigenvalue weighted by atomic mass is 19.1. The number of nitrogens with one attached hydrogen (secondary N) is 2. The summed E-state index contributed by atoms with van der Waals surface area (Å²) in [7, 11) is 3.58. The Bertz CT molecular complexity index is 956. The van der Waals surface area contributed by atoms with Gasteiger partial charge in [-0.25, -0.2) is 8.78 Å². The summed E-state index contributed by atoms with van der Waals surface area (Å²) in [6, 6.07) is 1.96. The lowest BCUT2D eigenvalue weighted by Crippen LogP contribution is -2.55. The predicted octanol–water partition coefficient (Wildman–Crippen LogP) is 4.56. The maximum absolute atomic E-state index is 14.7. The van der Waals surface area contributed by atoms with Crippen LogP contribution in [0.25, 0.3) is 0 Å². The molecule has 0 bridgehead atoms. The molecule has 1 aromatic rings. The molecule has 0 spiro atoms. The van der Waals surface area contributed by atoms with E-state index in [-0.39, 0.29) is 48.8 Å². The lowest BCUT2D eigenvalue weighted by atomic mass is 9.99. The Kier molecular flexibility index (Phi) is 12.1. The zero-order chi connectivity index (χ0) is 28.6. The highest BCUT2D eigenvalue weighted by molar-refractivity contribution is 5.92. The van der Waals surface area contributed by atoms with Gasteiger partial charge in [0.2, 0.25) is 17.7 Å². The summed E-state index contributed by atoms with van der Waals surface area (Å²) in [5, 5.41) is 5.81. The highest BCUT2D eigenvalue weighted by Crippen LogP contribution is 2.34. The Hall–Kier alpha value is -2.55. The first-order valence-electron chi connectivity index (χ1n) is 13.8. The fraction of sp³-hybridized carbons (Fsp3) is 0.690. The van der Waals surface area contributed by atoms with Crippen LogP contribution in [0.1, 0.15) is 91.2 Å². The van der Waals surface area contributed by atoms with Gasteiger partial charge in [0.25, 0.3) is 0 Å². The van der Waals surface area contributed by atoms with Crippen LogP contribution in [0, 0.1) is 17.6 Å². The lowest BCUT2D eigenvalue weighted by molar-refractivity contribution is -0.136. The normalized spacial score (nSPS) is 20.1. The van der Waals surface area contributed by atoms with Crippen molar-refractivity contribution < 1.29 is 23.2 Å². The molecule has 0 aliphatic carbocycles. The third-order valence-corrected chi connectivity index (χ3v) is 7.66. The first-order chi connectivity index (χ1) is 17.8. The fourth-order valence-corrected chi connectivity index (χ4v) is 5.00. The number of rotatable bonds is 11. The summed E-state index contributed by atoms with van der Waals surface area (Å²) in [6.45, 7) is 9.71. The van der Waals surface area contributed by atoms with E-state index in [0.29, 0.717) is 17.9 Å². The molecule has 0 aromatic heterocycles. The zero-order valence-corrected chi connectivity index (χ0v) is 24.0. The first-order valence-corrected chi connectivity index (χ1v) is 13.8. The van der Waals surface area contributed by atoms with Crippen molar-refractivity contribution in [2.45, 2.75) is 110 Å². The molecule has 1 aliphatic heterocycles. The van der Waals surface area contributed by atoms with Crippen molar-refractivity contribution in [1.29, 1.82) is 0 Å². The predicted molar refractivity (Wildman–Crippen MR) is 145 cm³/mol. The maximum atomic E-state index is 14.7. The molecular formula is C29H46F2N4O3. The van der Waals surface area contributed by atoms with Gasteiger partial charge in [-0.3, -0.25) is 19.3 Å². The number of benzene rings is 1. The average molecular weight is 537 g/mol. The Morgan fingerprint density at radius 3 is 2.32 bits per heavy atom. The SMILES string of the molecule is CC(C)CCC(=O)N[C@@H](CC(=O)N(C)C(C)C)C(=O)N[C@@H](C)C1CCCCC(c2ccc(F)cc2F)N1C. The highest BCUT2D eigenvalue weighted by Gasteiger charge is 2.34. The van der Waals surface area contributed by atoms with Gasteiger partial charge in [-0.1, -0.05) is 32.8 Å². The average Bonchev–Trinajstić information content (AvgIpc) is 3.03. The van der Waals surface area contributed by atoms with Crippen molar-refractivity contribution in [3.8, 4) is 0 Å². The minimum atomic E-state index is -0.993. The molecule has 2 unspecified atom stereocenters. The van der Waals surface area contributed by atoms with E-state index >= 15 is 0 Å². The Morgan fingerprint density at radius 2 is 1.71 bits per heavy atom. The number of halogens is 2. The smallest absolute Gasteiger partial charge is 0.243 e. The number of carbonyl (C=O) groups is 3. The van der Waals surface area contributed by atoms with Crippen molar-refractivity contribution in [1.82, 2.24) is 20.4 Å². The number of hydrogen-bond acceptors (Lipinski definition) is 4. The van der Waals surface area contributed by atoms with E-state index in [0.717, 1.165) is 31.7 Å². The van der Waals surface area contributed by atoms with Crippen LogP contribution in [0.3, 0.4) is 0 Å². The van der Waals surface area contributed by atoms with Gasteiger partial charge in [-0.2, -0.15) is 0 Å². The van der Waals surface area contributed by atoms with Crippen molar-refractivity contribution in [3.05, 3.63) is 35.4 Å². The summed E-state index contributed by atoms with van der Waals surface area (Å²) in [6.07, 6.45) is 4.13. The van der Waals surface area contributed by atoms with Gasteiger partial charge in [0, 0.05) is 49.3 Å². The standard InChI is InChI=1S/C29H46F2N4O3/c1-18(2)12-15-27(36)33-24(17-28(37)34(6)19(3)4)29(38)32-20(5)25-10-8-9-11-26(35(25)7)22-14-13-21(30)16-23(22)31/h13-14,16,18-20,24-26H,8-12,15,17H2,1-7H3,(H,32,38)(H,33,36)/t20-,24-,25?,26?/m0/s1. The molecule has 214 valence electrons. The van der Waals surface area contributed by atoms with E-state index in [4.69, 9.17) is 0 Å². The van der Waals surface area contributed by atoms with Gasteiger partial charge in [0.15, 0.2) is 0 Å². The number of likely N-dealkylation sites (N-methyl/N-ethyl adjacent to an activating group) is 1. The Labute approximate surface area is 226 Å². The van der Waals surface area contributed by atoms with Crippen LogP contribution in [0.2, 0.25) is 0 Å². The molecule has 1 heterocycles. The molecule has 1 saturated heterocycles. The maximum Gasteiger partial charge on any atom is 0.243 e. The lowest BCUT2D eigenvalue weighted by Gasteiger charge is -2.37. The molecule has 1 aromatic carbocycles. The van der Waals surface area contributed by atoms with E-state index in [9.17, 15) is 23.2 Å². The van der Waals surface area contributed by atoms with Gasteiger partial charge in [0.1, 0.15) is 17.7 Å². The quantitative estimate of drug-likeness (QED) is 0.434. The second-order valence-electron chi connectivity index (χ2n) is 11.4. The molecule has 1 fully saturated rings. The van der Waals surface area contributed by atoms with Crippen LogP contribution in [0.4, 0.5) is 8.78 Å². The fourth-order valence-electron chi connectivity index (χ4n) is 5.00. The van der Waals surface area contributed by atoms with E-state index in [1.165, 1.54) is 12.1 Å². The topological polar surface area (TPSA) is 81.8 Å². The van der Waals surface area contributed by atoms with E-state index in [1.807, 2.05) is 41.7 Å². The summed E-state index contributed by atoms with van der Waals surface area (Å²) >= 11 is 0. The van der Waals surface area contributed by atoms with E-state index in [2.05, 4.69) is 15.5 Å². The molecule has 0 radical (unpaired) electrons. The molecule has 4 atom stereocenters. The summed E-state index contributed by atoms with van der Waals surface area (Å²) in [4.78, 5) is 42.4. The second kappa shape index (κ2) is 14.6. The number of likely N-dealkylation sites (tertiary alicyclic amines) is 1. The van der Waals surface area contributed by atoms with Crippen LogP contribution in [-0.2, 0) is 14.4 Å². The van der Waals surface area contributed by atoms with Gasteiger partial charge >= 0.3 is 0 Å². The third kappa shape index (κ3) is 9.03. The molecule has 0 saturated carbocycles. The first kappa shape index (κ1) is 31.7. The molecule has 1 aliphatic rings. The minimum Gasteiger partial charge on any atom is -0.350 e. The Morgan fingerprint density at radius 1 is 1.05 bits per heavy atom. The van der Waals surface area contributed by atoms with Crippen LogP contribution in [0.15, 0.2) is 18.2 Å². The zero-order valence-electron chi connectivity index (χ0n) is 24.0. The number of carbonyl (C=O) groups excluding carboxylic acids is 3. The molecular weight excluding hydrogens is 490 g/mol. The van der Waals surface area contributed by atoms with Crippen LogP contribution < -0.4 is 10.6 Å². The summed E-state index contributed by atoms with van der Waals surface area (Å²) in [5.74, 6) is -1.75. The molecule has 38 heavy (non-hydrogen) atoms. The largest absolute Gasteiger partial charge is 0.350 e. The summed E-state index contributed by atoms with van der Waals surface area (Å²) < 4.78 is 28.2. The molecule has 2 N–H and O–H groups in total. The summed E-state index contributed by atoms with van der Waals surface area (Å²) in [5.41, 5.74) is 0.442. The molecule has 9 heteroatoms. The molecule has 7 nitrogen and oxygen atoms in total. The van der Waals surface area contributed by atoms with Gasteiger partial charge in [0.05, 0.1) is 6.42 Å². The van der Waals surface area contributed by atoms with Gasteiger partial charge in [-0.15, -0.1) is 0 Å². The van der Waals surface area contributed by atoms with Crippen LogP contribution in [-0.4, -0.2) is 65.8 Å². The van der Waals surface area contributed by atoms with Crippen molar-refractivity contribution in [3.63, 3.8) is 0 Å². The molecule has 2 rings (SSSR count). The monoisotopic (exact) mass is 536 g/mol. The minimum absolute atomic E-state index is 0.0368. The molecule has 3 amide bonds. The number of nitrogens with zero attached hydrogens (tertiary/aromatic N) is 2. The van der Waals surface area contributed by atoms with Crippen molar-refractivity contribution in [2.75, 3.05) is 14.1 Å². The number of hydrogen-bond donors (Lipinski definition) is 2. The van der Waals surface area contributed by atoms with E-state index in [1.54, 1.807) is 11.9 Å². The van der Waals surface area contributed by atoms with Crippen LogP contribution >= 0.6 is 0 Å². The third-order valence-electron chi connectivity index (χ3n) is 7.66. The Balaban J connectivity index is 2.18.